The summed E-state index contributed by atoms with van der Waals surface area (Å²) in [7, 11) is 2.02. The summed E-state index contributed by atoms with van der Waals surface area (Å²) in [6.07, 6.45) is 6.14. The van der Waals surface area contributed by atoms with Gasteiger partial charge in [0.15, 0.2) is 0 Å². The fraction of sp³-hybridized carbons (Fsp3) is 0.500. The van der Waals surface area contributed by atoms with Crippen LogP contribution in [0.5, 0.6) is 0 Å². The Hall–Kier alpha value is -1.36. The molecule has 2 N–H and O–H groups in total. The van der Waals surface area contributed by atoms with Crippen molar-refractivity contribution in [2.24, 2.45) is 7.05 Å². The van der Waals surface area contributed by atoms with Gasteiger partial charge in [0.1, 0.15) is 19.0 Å². The second-order valence-corrected chi connectivity index (χ2v) is 2.46. The third-order valence-electron chi connectivity index (χ3n) is 1.32. The molecule has 1 aromatic heterocycles. The summed E-state index contributed by atoms with van der Waals surface area (Å²) < 4.78 is 4.16. The van der Waals surface area contributed by atoms with Crippen LogP contribution in [-0.2, 0) is 18.4 Å². The van der Waals surface area contributed by atoms with Crippen molar-refractivity contribution in [1.29, 1.82) is 0 Å². The van der Waals surface area contributed by atoms with E-state index in [-0.39, 0.29) is 0 Å². The summed E-state index contributed by atoms with van der Waals surface area (Å²) in [6, 6.07) is 0. The van der Waals surface area contributed by atoms with Crippen LogP contribution in [-0.4, -0.2) is 27.4 Å². The van der Waals surface area contributed by atoms with E-state index in [0.717, 1.165) is 6.54 Å². The van der Waals surface area contributed by atoms with Gasteiger partial charge in [-0.15, -0.1) is 0 Å². The number of rotatable bonds is 2. The Labute approximate surface area is 76.9 Å². The van der Waals surface area contributed by atoms with E-state index in [1.165, 1.54) is 0 Å². The Bertz CT molecular complexity index is 258. The minimum atomic E-state index is -1.19. The van der Waals surface area contributed by atoms with E-state index in [4.69, 9.17) is 15.0 Å². The highest BCUT2D eigenvalue weighted by Gasteiger charge is 1.92. The fourth-order valence-electron chi connectivity index (χ4n) is 0.689. The number of carbonyl (C=O) groups is 1. The summed E-state index contributed by atoms with van der Waals surface area (Å²) in [6.45, 7) is 2.40. The minimum absolute atomic E-state index is 0.778. The molecule has 1 aromatic rings. The summed E-state index contributed by atoms with van der Waals surface area (Å²) in [4.78, 5) is 9.12. The van der Waals surface area contributed by atoms with E-state index in [2.05, 4.69) is 24.0 Å². The van der Waals surface area contributed by atoms with Crippen LogP contribution in [0.3, 0.4) is 0 Å². The molecule has 0 bridgehead atoms. The molecule has 0 amide bonds. The van der Waals surface area contributed by atoms with Gasteiger partial charge < -0.3 is 10.2 Å². The quantitative estimate of drug-likeness (QED) is 0.607. The van der Waals surface area contributed by atoms with Crippen molar-refractivity contribution >= 4 is 5.97 Å². The topological polar surface area (TPSA) is 66.3 Å². The number of aliphatic hydroxyl groups excluding tert-OH is 1. The van der Waals surface area contributed by atoms with Gasteiger partial charge in [0, 0.05) is 0 Å². The second-order valence-electron chi connectivity index (χ2n) is 2.46. The van der Waals surface area contributed by atoms with E-state index in [0.29, 0.717) is 0 Å². The molecule has 1 rings (SSSR count). The number of carboxylic acid groups (broad SMARTS) is 1. The maximum atomic E-state index is 9.12. The predicted octanol–water partition coefficient (Wildman–Crippen LogP) is -0.604. The van der Waals surface area contributed by atoms with Gasteiger partial charge >= 0.3 is 5.97 Å². The second kappa shape index (κ2) is 6.19. The number of aromatic nitrogens is 2. The molecule has 0 saturated heterocycles. The molecular weight excluding hydrogens is 172 g/mol. The van der Waals surface area contributed by atoms with Crippen molar-refractivity contribution < 1.29 is 19.6 Å². The van der Waals surface area contributed by atoms with E-state index >= 15 is 0 Å². The van der Waals surface area contributed by atoms with E-state index in [1.807, 2.05) is 17.8 Å². The van der Waals surface area contributed by atoms with Crippen molar-refractivity contribution in [1.82, 2.24) is 4.57 Å². The number of aliphatic hydroxyl groups is 1. The Morgan fingerprint density at radius 2 is 2.15 bits per heavy atom. The lowest BCUT2D eigenvalue weighted by Gasteiger charge is -1.81. The van der Waals surface area contributed by atoms with Gasteiger partial charge in [-0.25, -0.2) is 13.9 Å². The molecule has 0 aromatic carbocycles. The summed E-state index contributed by atoms with van der Waals surface area (Å²) in [5.74, 6) is -1.19. The van der Waals surface area contributed by atoms with Crippen LogP contribution < -0.4 is 4.57 Å². The molecule has 0 aliphatic heterocycles. The van der Waals surface area contributed by atoms with Gasteiger partial charge in [-0.1, -0.05) is 0 Å². The number of hydrogen-bond acceptors (Lipinski definition) is 2. The average molecular weight is 187 g/mol. The van der Waals surface area contributed by atoms with Crippen LogP contribution in [0.2, 0.25) is 0 Å². The Kier molecular flexibility index (Phi) is 5.54. The third-order valence-corrected chi connectivity index (χ3v) is 1.32. The van der Waals surface area contributed by atoms with Gasteiger partial charge in [-0.05, 0) is 6.92 Å². The number of imidazole rings is 1. The zero-order chi connectivity index (χ0) is 10.3. The van der Waals surface area contributed by atoms with Gasteiger partial charge in [0.2, 0.25) is 6.33 Å². The van der Waals surface area contributed by atoms with Crippen LogP contribution in [0.4, 0.5) is 0 Å². The summed E-state index contributed by atoms with van der Waals surface area (Å²) >= 11 is 0. The van der Waals surface area contributed by atoms with Crippen LogP contribution in [0.25, 0.3) is 0 Å². The lowest BCUT2D eigenvalue weighted by Crippen LogP contribution is -2.23. The number of aliphatic carboxylic acids is 1. The molecule has 74 valence electrons. The molecule has 0 saturated carbocycles. The Morgan fingerprint density at radius 3 is 2.31 bits per heavy atom. The highest BCUT2D eigenvalue weighted by atomic mass is 16.4. The van der Waals surface area contributed by atoms with Crippen LogP contribution in [0, 0.1) is 0 Å². The molecule has 0 spiro atoms. The van der Waals surface area contributed by atoms with E-state index in [9.17, 15) is 0 Å². The third kappa shape index (κ3) is 5.86. The first-order valence-corrected chi connectivity index (χ1v) is 3.93. The molecule has 0 radical (unpaired) electrons. The lowest BCUT2D eigenvalue weighted by molar-refractivity contribution is -0.671. The molecular formula is C8H15N2O3+. The van der Waals surface area contributed by atoms with Crippen LogP contribution in [0.1, 0.15) is 6.92 Å². The highest BCUT2D eigenvalue weighted by molar-refractivity contribution is 5.67. The van der Waals surface area contributed by atoms with Crippen molar-refractivity contribution in [3.8, 4) is 0 Å². The monoisotopic (exact) mass is 187 g/mol. The number of carboxylic acids is 1. The molecule has 0 fully saturated rings. The zero-order valence-electron chi connectivity index (χ0n) is 7.84. The highest BCUT2D eigenvalue weighted by Crippen LogP contribution is 1.79. The minimum Gasteiger partial charge on any atom is -0.480 e. The van der Waals surface area contributed by atoms with Crippen molar-refractivity contribution in [3.63, 3.8) is 0 Å². The number of aryl methyl sites for hydroxylation is 2. The standard InChI is InChI=1S/C6H11N2.C2H4O3/c1-3-8-5-4-7(2)6-8;3-1-2(4)5/h4-6H,3H2,1-2H3;3H,1H2,(H,4,5)/q+1;. The lowest BCUT2D eigenvalue weighted by atomic mass is 10.7. The molecule has 1 heterocycles. The molecule has 0 aliphatic rings. The Balaban J connectivity index is 0.000000252. The molecule has 0 unspecified atom stereocenters. The van der Waals surface area contributed by atoms with Gasteiger partial charge in [0.05, 0.1) is 13.6 Å². The maximum Gasteiger partial charge on any atom is 0.329 e. The van der Waals surface area contributed by atoms with Crippen molar-refractivity contribution in [3.05, 3.63) is 18.7 Å². The first kappa shape index (κ1) is 11.6. The van der Waals surface area contributed by atoms with Gasteiger partial charge in [-0.3, -0.25) is 0 Å². The largest absolute Gasteiger partial charge is 0.480 e. The van der Waals surface area contributed by atoms with Gasteiger partial charge in [0.25, 0.3) is 0 Å². The number of nitrogens with zero attached hydrogens (tertiary/aromatic N) is 2. The number of hydrogen-bond donors (Lipinski definition) is 2. The molecule has 5 nitrogen and oxygen atoms in total. The molecule has 5 heteroatoms. The fourth-order valence-corrected chi connectivity index (χ4v) is 0.689. The summed E-state index contributed by atoms with van der Waals surface area (Å²) in [5, 5.41) is 15.0. The Morgan fingerprint density at radius 1 is 1.62 bits per heavy atom. The van der Waals surface area contributed by atoms with Crippen molar-refractivity contribution in [2.45, 2.75) is 13.5 Å². The molecule has 0 atom stereocenters. The van der Waals surface area contributed by atoms with E-state index < -0.39 is 12.6 Å². The van der Waals surface area contributed by atoms with Crippen LogP contribution in [0.15, 0.2) is 18.7 Å². The average Bonchev–Trinajstić information content (AvgIpc) is 2.52. The van der Waals surface area contributed by atoms with Crippen LogP contribution >= 0.6 is 0 Å². The SMILES string of the molecule is CCn1cc[n+](C)c1.O=C(O)CO. The van der Waals surface area contributed by atoms with Crippen molar-refractivity contribution in [2.75, 3.05) is 6.61 Å². The smallest absolute Gasteiger partial charge is 0.329 e. The zero-order valence-corrected chi connectivity index (χ0v) is 7.84. The summed E-state index contributed by atoms with van der Waals surface area (Å²) in [5.41, 5.74) is 0. The maximum absolute atomic E-state index is 9.12. The predicted molar refractivity (Wildman–Crippen MR) is 46.0 cm³/mol. The first-order chi connectivity index (χ1) is 6.10. The molecule has 0 aliphatic carbocycles. The normalized spacial score (nSPS) is 8.85. The first-order valence-electron chi connectivity index (χ1n) is 3.93. The van der Waals surface area contributed by atoms with E-state index in [1.54, 1.807) is 0 Å². The molecule has 13 heavy (non-hydrogen) atoms. The van der Waals surface area contributed by atoms with Gasteiger partial charge in [-0.2, -0.15) is 0 Å².